The maximum absolute atomic E-state index is 12.9. The lowest BCUT2D eigenvalue weighted by Crippen LogP contribution is -2.41. The van der Waals surface area contributed by atoms with Gasteiger partial charge >= 0.3 is 6.18 Å². The van der Waals surface area contributed by atoms with E-state index in [9.17, 15) is 22.8 Å². The number of nitrogens with one attached hydrogen (secondary N) is 2. The number of aromatic nitrogens is 2. The molecule has 0 saturated heterocycles. The second-order valence-electron chi connectivity index (χ2n) is 7.19. The van der Waals surface area contributed by atoms with Gasteiger partial charge in [-0.3, -0.25) is 9.59 Å². The van der Waals surface area contributed by atoms with E-state index >= 15 is 0 Å². The molecule has 0 aromatic carbocycles. The predicted molar refractivity (Wildman–Crippen MR) is 93.2 cm³/mol. The minimum Gasteiger partial charge on any atom is -0.351 e. The second-order valence-corrected chi connectivity index (χ2v) is 7.19. The molecule has 0 spiro atoms. The van der Waals surface area contributed by atoms with Crippen LogP contribution < -0.4 is 10.9 Å². The number of carbonyl (C=O) groups excluding carboxylic acids is 1. The number of hydrogen-bond donors (Lipinski definition) is 2. The first-order valence-electron chi connectivity index (χ1n) is 8.66. The molecule has 1 aliphatic carbocycles. The van der Waals surface area contributed by atoms with Gasteiger partial charge in [-0.25, -0.2) is 4.98 Å². The number of fused-ring (bicyclic) bond motifs is 1. The Bertz CT molecular complexity index is 933. The maximum Gasteiger partial charge on any atom is 0.433 e. The summed E-state index contributed by atoms with van der Waals surface area (Å²) < 4.78 is 38.6. The van der Waals surface area contributed by atoms with Crippen LogP contribution in [-0.2, 0) is 35.8 Å². The van der Waals surface area contributed by atoms with E-state index in [1.807, 2.05) is 0 Å². The monoisotopic (exact) mass is 379 g/mol. The molecule has 0 fully saturated rings. The van der Waals surface area contributed by atoms with Gasteiger partial charge in [0.2, 0.25) is 5.91 Å². The summed E-state index contributed by atoms with van der Waals surface area (Å²) in [4.78, 5) is 31.2. The molecule has 0 atom stereocenters. The standard InChI is InChI=1S/C19H20F3N3O2/c1-18(2,14-7-4-8-15(25-14)19(20,21)22)17(27)23-10-12-9-11-5-3-6-13(11)24-16(12)26/h4,7-9H,3,5-6,10H2,1-2H3,(H,23,27)(H,24,26). The molecule has 0 unspecified atom stereocenters. The lowest BCUT2D eigenvalue weighted by molar-refractivity contribution is -0.141. The number of carbonyl (C=O) groups is 1. The van der Waals surface area contributed by atoms with Gasteiger partial charge in [0.15, 0.2) is 0 Å². The molecule has 0 aliphatic heterocycles. The van der Waals surface area contributed by atoms with E-state index in [2.05, 4.69) is 15.3 Å². The summed E-state index contributed by atoms with van der Waals surface area (Å²) in [5.74, 6) is -0.505. The first-order chi connectivity index (χ1) is 12.6. The van der Waals surface area contributed by atoms with Crippen molar-refractivity contribution < 1.29 is 18.0 Å². The van der Waals surface area contributed by atoms with Gasteiger partial charge in [-0.05, 0) is 56.9 Å². The SMILES string of the molecule is CC(C)(C(=O)NCc1cc2c([nH]c1=O)CCC2)c1cccc(C(F)(F)F)n1. The molecule has 3 rings (SSSR count). The van der Waals surface area contributed by atoms with E-state index < -0.39 is 23.2 Å². The highest BCUT2D eigenvalue weighted by Crippen LogP contribution is 2.30. The van der Waals surface area contributed by atoms with Crippen molar-refractivity contribution in [3.63, 3.8) is 0 Å². The number of aromatic amines is 1. The van der Waals surface area contributed by atoms with Crippen molar-refractivity contribution >= 4 is 5.91 Å². The molecule has 5 nitrogen and oxygen atoms in total. The molecule has 2 aromatic rings. The Morgan fingerprint density at radius 2 is 1.93 bits per heavy atom. The summed E-state index contributed by atoms with van der Waals surface area (Å²) in [5, 5.41) is 2.65. The average Bonchev–Trinajstić information content (AvgIpc) is 3.05. The highest BCUT2D eigenvalue weighted by atomic mass is 19.4. The van der Waals surface area contributed by atoms with Crippen LogP contribution in [0.2, 0.25) is 0 Å². The fourth-order valence-corrected chi connectivity index (χ4v) is 3.15. The number of pyridine rings is 2. The Morgan fingerprint density at radius 3 is 2.63 bits per heavy atom. The Labute approximate surface area is 154 Å². The van der Waals surface area contributed by atoms with Gasteiger partial charge in [0.25, 0.3) is 5.56 Å². The summed E-state index contributed by atoms with van der Waals surface area (Å²) in [6, 6.07) is 5.26. The number of H-pyrrole nitrogens is 1. The van der Waals surface area contributed by atoms with Crippen LogP contribution in [0.4, 0.5) is 13.2 Å². The van der Waals surface area contributed by atoms with Crippen LogP contribution in [0.1, 0.15) is 48.5 Å². The molecule has 144 valence electrons. The molecule has 8 heteroatoms. The fraction of sp³-hybridized carbons (Fsp3) is 0.421. The normalized spacial score (nSPS) is 14.1. The van der Waals surface area contributed by atoms with Crippen LogP contribution >= 0.6 is 0 Å². The smallest absolute Gasteiger partial charge is 0.351 e. The van der Waals surface area contributed by atoms with E-state index in [1.165, 1.54) is 26.0 Å². The lowest BCUT2D eigenvalue weighted by atomic mass is 9.87. The van der Waals surface area contributed by atoms with Crippen molar-refractivity contribution in [3.05, 3.63) is 62.8 Å². The second kappa shape index (κ2) is 6.83. The number of alkyl halides is 3. The molecular formula is C19H20F3N3O2. The van der Waals surface area contributed by atoms with Crippen LogP contribution in [0, 0.1) is 0 Å². The third kappa shape index (κ3) is 3.89. The highest BCUT2D eigenvalue weighted by Gasteiger charge is 2.36. The van der Waals surface area contributed by atoms with Crippen LogP contribution in [0.3, 0.4) is 0 Å². The Hall–Kier alpha value is -2.64. The van der Waals surface area contributed by atoms with E-state index in [1.54, 1.807) is 6.07 Å². The molecule has 0 saturated carbocycles. The van der Waals surface area contributed by atoms with Gasteiger partial charge in [-0.1, -0.05) is 6.07 Å². The quantitative estimate of drug-likeness (QED) is 0.858. The maximum atomic E-state index is 12.9. The first kappa shape index (κ1) is 19.1. The zero-order chi connectivity index (χ0) is 19.8. The van der Waals surface area contributed by atoms with Crippen molar-refractivity contribution in [2.45, 2.75) is 51.2 Å². The molecule has 2 N–H and O–H groups in total. The van der Waals surface area contributed by atoms with Gasteiger partial charge in [-0.2, -0.15) is 13.2 Å². The number of nitrogens with zero attached hydrogens (tertiary/aromatic N) is 1. The van der Waals surface area contributed by atoms with E-state index in [4.69, 9.17) is 0 Å². The lowest BCUT2D eigenvalue weighted by Gasteiger charge is -2.24. The Balaban J connectivity index is 1.77. The zero-order valence-electron chi connectivity index (χ0n) is 15.0. The highest BCUT2D eigenvalue weighted by molar-refractivity contribution is 5.86. The summed E-state index contributed by atoms with van der Waals surface area (Å²) in [6.45, 7) is 3.00. The molecule has 1 amide bonds. The van der Waals surface area contributed by atoms with Crippen molar-refractivity contribution in [2.24, 2.45) is 0 Å². The number of rotatable bonds is 4. The van der Waals surface area contributed by atoms with Gasteiger partial charge in [-0.15, -0.1) is 0 Å². The number of aryl methyl sites for hydroxylation is 2. The fourth-order valence-electron chi connectivity index (χ4n) is 3.15. The summed E-state index contributed by atoms with van der Waals surface area (Å²) in [5.41, 5.74) is -0.150. The summed E-state index contributed by atoms with van der Waals surface area (Å²) in [7, 11) is 0. The largest absolute Gasteiger partial charge is 0.433 e. The predicted octanol–water partition coefficient (Wildman–Crippen LogP) is 2.87. The van der Waals surface area contributed by atoms with Crippen molar-refractivity contribution in [3.8, 4) is 0 Å². The van der Waals surface area contributed by atoms with Crippen molar-refractivity contribution in [2.75, 3.05) is 0 Å². The van der Waals surface area contributed by atoms with Crippen LogP contribution in [-0.4, -0.2) is 15.9 Å². The molecule has 27 heavy (non-hydrogen) atoms. The van der Waals surface area contributed by atoms with Gasteiger partial charge in [0.1, 0.15) is 5.69 Å². The Kier molecular flexibility index (Phi) is 4.84. The summed E-state index contributed by atoms with van der Waals surface area (Å²) in [6.07, 6.45) is -1.88. The number of amides is 1. The van der Waals surface area contributed by atoms with Gasteiger partial charge in [0, 0.05) is 17.8 Å². The molecule has 1 aliphatic rings. The molecule has 2 heterocycles. The molecule has 2 aromatic heterocycles. The first-order valence-corrected chi connectivity index (χ1v) is 8.66. The van der Waals surface area contributed by atoms with Crippen LogP contribution in [0.25, 0.3) is 0 Å². The average molecular weight is 379 g/mol. The molecular weight excluding hydrogens is 359 g/mol. The minimum atomic E-state index is -4.58. The van der Waals surface area contributed by atoms with Crippen LogP contribution in [0.15, 0.2) is 29.1 Å². The number of hydrogen-bond acceptors (Lipinski definition) is 3. The summed E-state index contributed by atoms with van der Waals surface area (Å²) >= 11 is 0. The third-order valence-corrected chi connectivity index (χ3v) is 4.85. The van der Waals surface area contributed by atoms with Crippen molar-refractivity contribution in [1.29, 1.82) is 0 Å². The minimum absolute atomic E-state index is 0.00381. The Morgan fingerprint density at radius 1 is 1.22 bits per heavy atom. The third-order valence-electron chi connectivity index (χ3n) is 4.85. The molecule has 0 radical (unpaired) electrons. The topological polar surface area (TPSA) is 74.8 Å². The van der Waals surface area contributed by atoms with E-state index in [0.717, 1.165) is 36.6 Å². The van der Waals surface area contributed by atoms with Gasteiger partial charge < -0.3 is 10.3 Å². The zero-order valence-corrected chi connectivity index (χ0v) is 15.0. The van der Waals surface area contributed by atoms with Crippen LogP contribution in [0.5, 0.6) is 0 Å². The van der Waals surface area contributed by atoms with Gasteiger partial charge in [0.05, 0.1) is 11.1 Å². The van der Waals surface area contributed by atoms with E-state index in [0.29, 0.717) is 5.56 Å². The number of halogens is 3. The van der Waals surface area contributed by atoms with E-state index in [-0.39, 0.29) is 17.8 Å². The molecule has 0 bridgehead atoms. The van der Waals surface area contributed by atoms with Crippen molar-refractivity contribution in [1.82, 2.24) is 15.3 Å².